The Morgan fingerprint density at radius 3 is 2.65 bits per heavy atom. The lowest BCUT2D eigenvalue weighted by molar-refractivity contribution is 0.259. The molecular formula is C20H27N3O2S. The van der Waals surface area contributed by atoms with E-state index in [1.165, 1.54) is 24.2 Å². The number of benzene rings is 1. The van der Waals surface area contributed by atoms with Crippen molar-refractivity contribution < 1.29 is 8.42 Å². The molecule has 2 aliphatic rings. The molecule has 4 rings (SSSR count). The van der Waals surface area contributed by atoms with Crippen molar-refractivity contribution in [2.45, 2.75) is 49.5 Å². The molecule has 1 saturated heterocycles. The van der Waals surface area contributed by atoms with Crippen LogP contribution in [0.1, 0.15) is 48.9 Å². The van der Waals surface area contributed by atoms with E-state index in [9.17, 15) is 8.42 Å². The van der Waals surface area contributed by atoms with E-state index < -0.39 is 9.84 Å². The van der Waals surface area contributed by atoms with Crippen molar-refractivity contribution in [1.29, 1.82) is 0 Å². The molecule has 1 fully saturated rings. The van der Waals surface area contributed by atoms with Crippen LogP contribution >= 0.6 is 0 Å². The number of hydrogen-bond acceptors (Lipinski definition) is 4. The van der Waals surface area contributed by atoms with Crippen molar-refractivity contribution in [2.75, 3.05) is 18.8 Å². The lowest BCUT2D eigenvalue weighted by atomic mass is 10.0. The topological polar surface area (TPSA) is 55.2 Å². The highest BCUT2D eigenvalue weighted by molar-refractivity contribution is 7.91. The van der Waals surface area contributed by atoms with Gasteiger partial charge in [-0.3, -0.25) is 4.90 Å². The summed E-state index contributed by atoms with van der Waals surface area (Å²) in [7, 11) is -1.11. The van der Waals surface area contributed by atoms with Crippen LogP contribution < -0.4 is 0 Å². The number of hydrogen-bond donors (Lipinski definition) is 0. The number of rotatable bonds is 5. The minimum atomic E-state index is -3.23. The number of nitrogens with zero attached hydrogens (tertiary/aromatic N) is 3. The molecule has 0 bridgehead atoms. The number of aryl methyl sites for hydroxylation is 1. The normalized spacial score (nSPS) is 21.0. The van der Waals surface area contributed by atoms with Gasteiger partial charge in [0, 0.05) is 19.3 Å². The van der Waals surface area contributed by atoms with Gasteiger partial charge in [0.1, 0.15) is 5.82 Å². The van der Waals surface area contributed by atoms with Crippen molar-refractivity contribution in [3.8, 4) is 0 Å². The van der Waals surface area contributed by atoms with E-state index in [1.54, 1.807) is 24.3 Å². The number of likely N-dealkylation sites (tertiary alicyclic amines) is 1. The fourth-order valence-corrected chi connectivity index (χ4v) is 5.66. The Labute approximate surface area is 156 Å². The van der Waals surface area contributed by atoms with Crippen LogP contribution in [0.5, 0.6) is 0 Å². The SMILES string of the molecule is Cn1c([C@H]2CCCN2CCS(=O)(=O)c2ccccc2)nc2c1CCCC2. The summed E-state index contributed by atoms with van der Waals surface area (Å²) in [5.41, 5.74) is 2.65. The van der Waals surface area contributed by atoms with Crippen LogP contribution in [0.2, 0.25) is 0 Å². The number of aromatic nitrogens is 2. The molecule has 0 N–H and O–H groups in total. The van der Waals surface area contributed by atoms with Gasteiger partial charge >= 0.3 is 0 Å². The second kappa shape index (κ2) is 7.16. The standard InChI is InChI=1S/C20H27N3O2S/c1-22-18-11-6-5-10-17(18)21-20(22)19-12-7-13-23(19)14-15-26(24,25)16-8-3-2-4-9-16/h2-4,8-9,19H,5-7,10-15H2,1H3/t19-/m1/s1. The van der Waals surface area contributed by atoms with Gasteiger partial charge in [-0.25, -0.2) is 13.4 Å². The highest BCUT2D eigenvalue weighted by atomic mass is 32.2. The second-order valence-corrected chi connectivity index (χ2v) is 9.56. The minimum absolute atomic E-state index is 0.164. The van der Waals surface area contributed by atoms with E-state index in [4.69, 9.17) is 4.98 Å². The average molecular weight is 374 g/mol. The van der Waals surface area contributed by atoms with Crippen molar-refractivity contribution in [2.24, 2.45) is 7.05 Å². The molecule has 26 heavy (non-hydrogen) atoms. The van der Waals surface area contributed by atoms with Gasteiger partial charge in [0.2, 0.25) is 0 Å². The van der Waals surface area contributed by atoms with Gasteiger partial charge in [-0.2, -0.15) is 0 Å². The lowest BCUT2D eigenvalue weighted by Gasteiger charge is -2.24. The monoisotopic (exact) mass is 373 g/mol. The van der Waals surface area contributed by atoms with Crippen LogP contribution in [0, 0.1) is 0 Å². The van der Waals surface area contributed by atoms with Gasteiger partial charge in [-0.15, -0.1) is 0 Å². The molecule has 1 aromatic heterocycles. The Morgan fingerprint density at radius 1 is 1.12 bits per heavy atom. The zero-order chi connectivity index (χ0) is 18.1. The Balaban J connectivity index is 1.50. The first-order chi connectivity index (χ1) is 12.6. The average Bonchev–Trinajstić information content (AvgIpc) is 3.25. The highest BCUT2D eigenvalue weighted by Crippen LogP contribution is 2.33. The third-order valence-electron chi connectivity index (χ3n) is 5.82. The van der Waals surface area contributed by atoms with Crippen LogP contribution in [0.15, 0.2) is 35.2 Å². The Bertz CT molecular complexity index is 874. The van der Waals surface area contributed by atoms with Crippen molar-refractivity contribution >= 4 is 9.84 Å². The first-order valence-electron chi connectivity index (χ1n) is 9.62. The van der Waals surface area contributed by atoms with E-state index in [1.807, 2.05) is 6.07 Å². The summed E-state index contributed by atoms with van der Waals surface area (Å²) in [6, 6.07) is 9.02. The molecule has 5 nitrogen and oxygen atoms in total. The largest absolute Gasteiger partial charge is 0.334 e. The van der Waals surface area contributed by atoms with Crippen LogP contribution in [0.4, 0.5) is 0 Å². The van der Waals surface area contributed by atoms with E-state index >= 15 is 0 Å². The molecule has 0 radical (unpaired) electrons. The molecular weight excluding hydrogens is 346 g/mol. The molecule has 0 unspecified atom stereocenters. The minimum Gasteiger partial charge on any atom is -0.334 e. The third-order valence-corrected chi connectivity index (χ3v) is 7.53. The number of sulfone groups is 1. The number of imidazole rings is 1. The van der Waals surface area contributed by atoms with Crippen LogP contribution in [0.3, 0.4) is 0 Å². The zero-order valence-electron chi connectivity index (χ0n) is 15.4. The second-order valence-electron chi connectivity index (χ2n) is 7.46. The first kappa shape index (κ1) is 17.7. The van der Waals surface area contributed by atoms with Crippen molar-refractivity contribution in [3.05, 3.63) is 47.5 Å². The molecule has 2 heterocycles. The predicted molar refractivity (Wildman–Crippen MR) is 102 cm³/mol. The molecule has 0 amide bonds. The summed E-state index contributed by atoms with van der Waals surface area (Å²) in [6.45, 7) is 1.52. The Kier molecular flexibility index (Phi) is 4.88. The summed E-state index contributed by atoms with van der Waals surface area (Å²) >= 11 is 0. The number of fused-ring (bicyclic) bond motifs is 1. The molecule has 1 aliphatic heterocycles. The summed E-state index contributed by atoms with van der Waals surface area (Å²) in [5, 5.41) is 0. The van der Waals surface area contributed by atoms with Crippen molar-refractivity contribution in [3.63, 3.8) is 0 Å². The summed E-state index contributed by atoms with van der Waals surface area (Å²) in [6.07, 6.45) is 6.84. The molecule has 1 aliphatic carbocycles. The van der Waals surface area contributed by atoms with E-state index in [2.05, 4.69) is 16.5 Å². The molecule has 0 saturated carbocycles. The molecule has 140 valence electrons. The molecule has 6 heteroatoms. The molecule has 1 atom stereocenters. The molecule has 1 aromatic carbocycles. The maximum absolute atomic E-state index is 12.6. The maximum Gasteiger partial charge on any atom is 0.179 e. The smallest absolute Gasteiger partial charge is 0.179 e. The van der Waals surface area contributed by atoms with Crippen LogP contribution in [0.25, 0.3) is 0 Å². The fraction of sp³-hybridized carbons (Fsp3) is 0.550. The summed E-state index contributed by atoms with van der Waals surface area (Å²) in [5.74, 6) is 1.30. The van der Waals surface area contributed by atoms with E-state index in [0.29, 0.717) is 11.4 Å². The van der Waals surface area contributed by atoms with E-state index in [0.717, 1.165) is 38.1 Å². The van der Waals surface area contributed by atoms with Crippen molar-refractivity contribution in [1.82, 2.24) is 14.5 Å². The van der Waals surface area contributed by atoms with Gasteiger partial charge in [-0.1, -0.05) is 18.2 Å². The van der Waals surface area contributed by atoms with Gasteiger partial charge in [0.25, 0.3) is 0 Å². The molecule has 0 spiro atoms. The quantitative estimate of drug-likeness (QED) is 0.809. The van der Waals surface area contributed by atoms with Crippen LogP contribution in [-0.4, -0.2) is 41.7 Å². The van der Waals surface area contributed by atoms with Crippen LogP contribution in [-0.2, 0) is 29.7 Å². The summed E-state index contributed by atoms with van der Waals surface area (Å²) in [4.78, 5) is 7.69. The van der Waals surface area contributed by atoms with E-state index in [-0.39, 0.29) is 11.8 Å². The Hall–Kier alpha value is -1.66. The molecule has 2 aromatic rings. The highest BCUT2D eigenvalue weighted by Gasteiger charge is 2.32. The predicted octanol–water partition coefficient (Wildman–Crippen LogP) is 2.91. The lowest BCUT2D eigenvalue weighted by Crippen LogP contribution is -2.30. The third kappa shape index (κ3) is 3.32. The maximum atomic E-state index is 12.6. The van der Waals surface area contributed by atoms with Gasteiger partial charge in [-0.05, 0) is 57.2 Å². The summed E-state index contributed by atoms with van der Waals surface area (Å²) < 4.78 is 27.5. The Morgan fingerprint density at radius 2 is 1.88 bits per heavy atom. The van der Waals surface area contributed by atoms with Gasteiger partial charge in [0.05, 0.1) is 22.4 Å². The zero-order valence-corrected chi connectivity index (χ0v) is 16.2. The van der Waals surface area contributed by atoms with Gasteiger partial charge < -0.3 is 4.57 Å². The first-order valence-corrected chi connectivity index (χ1v) is 11.3. The van der Waals surface area contributed by atoms with Gasteiger partial charge in [0.15, 0.2) is 9.84 Å². The fourth-order valence-electron chi connectivity index (χ4n) is 4.37.